The van der Waals surface area contributed by atoms with Gasteiger partial charge in [-0.15, -0.1) is 0 Å². The van der Waals surface area contributed by atoms with E-state index in [9.17, 15) is 19.5 Å². The highest BCUT2D eigenvalue weighted by atomic mass is 35.5. The minimum absolute atomic E-state index is 0.0832. The summed E-state index contributed by atoms with van der Waals surface area (Å²) in [4.78, 5) is 52.2. The van der Waals surface area contributed by atoms with E-state index in [0.717, 1.165) is 38.8 Å². The largest absolute Gasteiger partial charge is 0.447 e. The summed E-state index contributed by atoms with van der Waals surface area (Å²) < 4.78 is 11.0. The second kappa shape index (κ2) is 13.8. The molecule has 1 saturated carbocycles. The van der Waals surface area contributed by atoms with Crippen molar-refractivity contribution in [3.8, 4) is 0 Å². The number of anilines is 2. The molecule has 0 radical (unpaired) electrons. The van der Waals surface area contributed by atoms with E-state index in [-0.39, 0.29) is 57.7 Å². The molecule has 3 aromatic heterocycles. The van der Waals surface area contributed by atoms with Gasteiger partial charge in [0.2, 0.25) is 11.7 Å². The van der Waals surface area contributed by atoms with Gasteiger partial charge in [-0.25, -0.2) is 9.97 Å². The van der Waals surface area contributed by atoms with Crippen LogP contribution in [0.25, 0.3) is 11.1 Å². The number of likely N-dealkylation sites (tertiary alicyclic amines) is 1. The number of halogens is 1. The molecule has 12 nitrogen and oxygen atoms in total. The number of furan rings is 1. The molecule has 0 aromatic carbocycles. The Labute approximate surface area is 254 Å². The molecule has 3 amide bonds. The second-order valence-electron chi connectivity index (χ2n) is 11.1. The summed E-state index contributed by atoms with van der Waals surface area (Å²) in [7, 11) is 3.19. The molecule has 5 rings (SSSR count). The number of aliphatic hydroxyl groups excluding tert-OH is 1. The first-order valence-corrected chi connectivity index (χ1v) is 15.0. The van der Waals surface area contributed by atoms with Crippen molar-refractivity contribution in [2.75, 3.05) is 51.0 Å². The number of nitrogens with zero attached hydrogens (tertiary/aromatic N) is 4. The zero-order valence-electron chi connectivity index (χ0n) is 24.3. The lowest BCUT2D eigenvalue weighted by Gasteiger charge is -2.35. The fraction of sp³-hybridized carbons (Fsp3) is 0.500. The summed E-state index contributed by atoms with van der Waals surface area (Å²) in [5, 5.41) is 16.8. The Hall–Kier alpha value is -3.58. The van der Waals surface area contributed by atoms with E-state index in [4.69, 9.17) is 20.8 Å². The van der Waals surface area contributed by atoms with E-state index in [0.29, 0.717) is 31.0 Å². The van der Waals surface area contributed by atoms with Crippen LogP contribution in [0.2, 0.25) is 5.02 Å². The predicted octanol–water partition coefficient (Wildman–Crippen LogP) is 4.01. The van der Waals surface area contributed by atoms with Crippen molar-refractivity contribution in [1.82, 2.24) is 19.8 Å². The van der Waals surface area contributed by atoms with Crippen molar-refractivity contribution in [2.45, 2.75) is 44.8 Å². The zero-order valence-corrected chi connectivity index (χ0v) is 25.1. The monoisotopic (exact) mass is 612 g/mol. The average Bonchev–Trinajstić information content (AvgIpc) is 3.69. The third kappa shape index (κ3) is 7.15. The van der Waals surface area contributed by atoms with Crippen LogP contribution >= 0.6 is 11.6 Å². The first-order valence-electron chi connectivity index (χ1n) is 14.6. The molecule has 1 aliphatic heterocycles. The fourth-order valence-electron chi connectivity index (χ4n) is 5.73. The predicted molar refractivity (Wildman–Crippen MR) is 161 cm³/mol. The van der Waals surface area contributed by atoms with Gasteiger partial charge in [0.1, 0.15) is 28.9 Å². The molecule has 1 atom stereocenters. The van der Waals surface area contributed by atoms with Crippen LogP contribution in [-0.2, 0) is 9.53 Å². The number of carbonyl (C=O) groups is 3. The highest BCUT2D eigenvalue weighted by molar-refractivity contribution is 6.30. The summed E-state index contributed by atoms with van der Waals surface area (Å²) >= 11 is 5.92. The molecule has 230 valence electrons. The Morgan fingerprint density at radius 3 is 2.56 bits per heavy atom. The summed E-state index contributed by atoms with van der Waals surface area (Å²) in [5.74, 6) is -1.38. The van der Waals surface area contributed by atoms with E-state index < -0.39 is 12.1 Å². The number of methoxy groups -OCH3 is 1. The first-order chi connectivity index (χ1) is 20.7. The van der Waals surface area contributed by atoms with Crippen LogP contribution in [0.15, 0.2) is 34.9 Å². The molecule has 4 heterocycles. The number of likely N-dealkylation sites (N-methyl/N-ethyl adjacent to an activating group) is 1. The van der Waals surface area contributed by atoms with Crippen molar-refractivity contribution >= 4 is 51.9 Å². The highest BCUT2D eigenvalue weighted by Crippen LogP contribution is 2.36. The van der Waals surface area contributed by atoms with Gasteiger partial charge >= 0.3 is 0 Å². The van der Waals surface area contributed by atoms with E-state index in [1.807, 2.05) is 0 Å². The molecule has 2 fully saturated rings. The van der Waals surface area contributed by atoms with E-state index in [1.165, 1.54) is 17.2 Å². The molecule has 3 N–H and O–H groups in total. The smallest absolute Gasteiger partial charge is 0.294 e. The Morgan fingerprint density at radius 2 is 1.88 bits per heavy atom. The fourth-order valence-corrected chi connectivity index (χ4v) is 5.84. The maximum Gasteiger partial charge on any atom is 0.294 e. The Balaban J connectivity index is 1.38. The number of rotatable bonds is 10. The number of hydrogen-bond donors (Lipinski definition) is 3. The Morgan fingerprint density at radius 1 is 1.14 bits per heavy atom. The molecule has 1 unspecified atom stereocenters. The van der Waals surface area contributed by atoms with E-state index in [2.05, 4.69) is 25.5 Å². The van der Waals surface area contributed by atoms with Crippen molar-refractivity contribution in [2.24, 2.45) is 11.8 Å². The maximum atomic E-state index is 13.6. The molecular formula is C30H37ClN6O6. The Bertz CT molecular complexity index is 1450. The minimum Gasteiger partial charge on any atom is -0.447 e. The van der Waals surface area contributed by atoms with Gasteiger partial charge in [0.05, 0.1) is 11.6 Å². The zero-order chi connectivity index (χ0) is 30.5. The number of pyridine rings is 2. The standard InChI is InChI=1S/C30H37ClN6O6/c1-36(15-16-42-2)30(41)21-10-11-22-24(33-21)25(26(43-22)28(39)34-23-12-9-20(31)17-32-23)35-27(38)18-5-7-19(8-6-18)29(40)37-13-3-4-14-37/h9-12,17-19,29,40H,3-8,13-16H2,1-2H3,(H,35,38)(H,32,34,39)/t18-,19-,29?. The van der Waals surface area contributed by atoms with Crippen LogP contribution in [0.1, 0.15) is 59.6 Å². The number of ether oxygens (including phenoxy) is 1. The average molecular weight is 613 g/mol. The van der Waals surface area contributed by atoms with Crippen LogP contribution in [0, 0.1) is 11.8 Å². The Kier molecular flexibility index (Phi) is 9.91. The van der Waals surface area contributed by atoms with Gasteiger partial charge in [-0.3, -0.25) is 19.3 Å². The molecule has 0 spiro atoms. The van der Waals surface area contributed by atoms with Gasteiger partial charge in [-0.1, -0.05) is 11.6 Å². The molecule has 1 aliphatic carbocycles. The lowest BCUT2D eigenvalue weighted by molar-refractivity contribution is -0.122. The molecule has 13 heteroatoms. The van der Waals surface area contributed by atoms with Crippen molar-refractivity contribution in [3.63, 3.8) is 0 Å². The maximum absolute atomic E-state index is 13.6. The molecule has 2 aliphatic rings. The number of fused-ring (bicyclic) bond motifs is 1. The quantitative estimate of drug-likeness (QED) is 0.309. The number of hydrogen-bond acceptors (Lipinski definition) is 9. The number of aromatic nitrogens is 2. The van der Waals surface area contributed by atoms with Crippen molar-refractivity contribution < 1.29 is 28.6 Å². The normalized spacial score (nSPS) is 19.7. The van der Waals surface area contributed by atoms with Crippen LogP contribution < -0.4 is 10.6 Å². The first kappa shape index (κ1) is 30.9. The van der Waals surface area contributed by atoms with Crippen molar-refractivity contribution in [1.29, 1.82) is 0 Å². The lowest BCUT2D eigenvalue weighted by atomic mass is 9.80. The third-order valence-corrected chi connectivity index (χ3v) is 8.46. The summed E-state index contributed by atoms with van der Waals surface area (Å²) in [6.45, 7) is 2.54. The summed E-state index contributed by atoms with van der Waals surface area (Å²) in [6.07, 6.45) is 5.77. The minimum atomic E-state index is -0.648. The highest BCUT2D eigenvalue weighted by Gasteiger charge is 2.34. The van der Waals surface area contributed by atoms with Crippen molar-refractivity contribution in [3.05, 3.63) is 46.9 Å². The molecule has 0 bridgehead atoms. The molecule has 43 heavy (non-hydrogen) atoms. The van der Waals surface area contributed by atoms with Crippen LogP contribution in [0.5, 0.6) is 0 Å². The number of carbonyl (C=O) groups excluding carboxylic acids is 3. The SMILES string of the molecule is COCCN(C)C(=O)c1ccc2oc(C(=O)Nc3ccc(Cl)cn3)c(NC(=O)[C@H]3CC[C@H](C(O)N4CCCC4)CC3)c2n1. The van der Waals surface area contributed by atoms with Gasteiger partial charge in [-0.05, 0) is 68.7 Å². The van der Waals surface area contributed by atoms with Gasteiger partial charge in [0, 0.05) is 45.9 Å². The number of aliphatic hydroxyl groups is 1. The number of amides is 3. The van der Waals surface area contributed by atoms with Crippen LogP contribution in [0.4, 0.5) is 11.5 Å². The van der Waals surface area contributed by atoms with E-state index in [1.54, 1.807) is 32.4 Å². The summed E-state index contributed by atoms with van der Waals surface area (Å²) in [5.41, 5.74) is 0.634. The number of nitrogens with one attached hydrogen (secondary N) is 2. The third-order valence-electron chi connectivity index (χ3n) is 8.23. The molecular weight excluding hydrogens is 576 g/mol. The van der Waals surface area contributed by atoms with Gasteiger partial charge < -0.3 is 29.8 Å². The second-order valence-corrected chi connectivity index (χ2v) is 11.6. The topological polar surface area (TPSA) is 150 Å². The molecule has 1 saturated heterocycles. The molecule has 3 aromatic rings. The lowest BCUT2D eigenvalue weighted by Crippen LogP contribution is -2.41. The van der Waals surface area contributed by atoms with Gasteiger partial charge in [0.15, 0.2) is 5.58 Å². The van der Waals surface area contributed by atoms with Gasteiger partial charge in [-0.2, -0.15) is 0 Å². The summed E-state index contributed by atoms with van der Waals surface area (Å²) in [6, 6.07) is 6.19. The van der Waals surface area contributed by atoms with E-state index >= 15 is 0 Å². The van der Waals surface area contributed by atoms with Gasteiger partial charge in [0.25, 0.3) is 11.8 Å². The van der Waals surface area contributed by atoms with Crippen LogP contribution in [0.3, 0.4) is 0 Å². The van der Waals surface area contributed by atoms with Crippen LogP contribution in [-0.4, -0.2) is 89.2 Å².